The molecule has 0 N–H and O–H groups in total. The topological polar surface area (TPSA) is 44.8 Å². The fraction of sp³-hybridized carbons (Fsp3) is 0.550. The normalized spacial score (nSPS) is 14.5. The van der Waals surface area contributed by atoms with Crippen molar-refractivity contribution in [3.8, 4) is 0 Å². The van der Waals surface area contributed by atoms with Gasteiger partial charge in [-0.2, -0.15) is 0 Å². The first-order chi connectivity index (χ1) is 11.4. The van der Waals surface area contributed by atoms with Crippen LogP contribution in [0.25, 0.3) is 6.08 Å². The number of rotatable bonds is 8. The van der Waals surface area contributed by atoms with Crippen LogP contribution in [-0.2, 0) is 27.4 Å². The maximum atomic E-state index is 12.8. The van der Waals surface area contributed by atoms with Crippen molar-refractivity contribution in [1.29, 1.82) is 0 Å². The average molecular weight is 332 g/mol. The monoisotopic (exact) mass is 332 g/mol. The standard InChI is InChI=1S/C20H28O4/c1-6-15-9-10-16(12-23-11-14-7-8-14)18(17(15)13-22-5)19(21)24-20(2,3)4/h6,9-10,14H,1,7-8,11-13H2,2-5H3. The van der Waals surface area contributed by atoms with E-state index in [1.54, 1.807) is 13.2 Å². The molecule has 0 unspecified atom stereocenters. The van der Waals surface area contributed by atoms with Gasteiger partial charge < -0.3 is 14.2 Å². The smallest absolute Gasteiger partial charge is 0.339 e. The minimum absolute atomic E-state index is 0.326. The summed E-state index contributed by atoms with van der Waals surface area (Å²) >= 11 is 0. The van der Waals surface area contributed by atoms with Crippen molar-refractivity contribution in [2.24, 2.45) is 5.92 Å². The maximum absolute atomic E-state index is 12.8. The number of benzene rings is 1. The first kappa shape index (κ1) is 18.7. The SMILES string of the molecule is C=Cc1ccc(COCC2CC2)c(C(=O)OC(C)(C)C)c1COC. The van der Waals surface area contributed by atoms with Gasteiger partial charge in [0.05, 0.1) is 18.8 Å². The molecule has 0 spiro atoms. The van der Waals surface area contributed by atoms with Crippen LogP contribution >= 0.6 is 0 Å². The Kier molecular flexibility index (Phi) is 6.19. The van der Waals surface area contributed by atoms with E-state index in [1.807, 2.05) is 32.9 Å². The molecular formula is C20H28O4. The molecule has 1 aliphatic carbocycles. The van der Waals surface area contributed by atoms with Gasteiger partial charge in [0.1, 0.15) is 5.60 Å². The highest BCUT2D eigenvalue weighted by Crippen LogP contribution is 2.30. The Morgan fingerprint density at radius 1 is 1.29 bits per heavy atom. The molecule has 0 aliphatic heterocycles. The molecule has 1 aliphatic rings. The van der Waals surface area contributed by atoms with Crippen LogP contribution in [0.3, 0.4) is 0 Å². The molecule has 1 aromatic rings. The number of carbonyl (C=O) groups excluding carboxylic acids is 1. The Labute approximate surface area is 144 Å². The lowest BCUT2D eigenvalue weighted by Gasteiger charge is -2.23. The molecule has 1 saturated carbocycles. The molecule has 24 heavy (non-hydrogen) atoms. The van der Waals surface area contributed by atoms with Gasteiger partial charge in [0.15, 0.2) is 0 Å². The lowest BCUT2D eigenvalue weighted by Crippen LogP contribution is -2.26. The molecular weight excluding hydrogens is 304 g/mol. The lowest BCUT2D eigenvalue weighted by molar-refractivity contribution is 0.00605. The molecule has 4 heteroatoms. The Hall–Kier alpha value is -1.65. The second-order valence-corrected chi connectivity index (χ2v) is 7.26. The van der Waals surface area contributed by atoms with Crippen molar-refractivity contribution >= 4 is 12.0 Å². The molecule has 0 amide bonds. The van der Waals surface area contributed by atoms with Crippen LogP contribution < -0.4 is 0 Å². The molecule has 0 heterocycles. The molecule has 0 atom stereocenters. The first-order valence-electron chi connectivity index (χ1n) is 8.43. The second-order valence-electron chi connectivity index (χ2n) is 7.26. The molecule has 1 aromatic carbocycles. The van der Waals surface area contributed by atoms with E-state index in [-0.39, 0.29) is 5.97 Å². The van der Waals surface area contributed by atoms with Gasteiger partial charge in [-0.25, -0.2) is 4.79 Å². The summed E-state index contributed by atoms with van der Waals surface area (Å²) in [6.07, 6.45) is 4.21. The zero-order chi connectivity index (χ0) is 17.7. The van der Waals surface area contributed by atoms with Crippen molar-refractivity contribution in [1.82, 2.24) is 0 Å². The Morgan fingerprint density at radius 2 is 2.00 bits per heavy atom. The average Bonchev–Trinajstić information content (AvgIpc) is 3.30. The summed E-state index contributed by atoms with van der Waals surface area (Å²) < 4.78 is 16.7. The largest absolute Gasteiger partial charge is 0.456 e. The Morgan fingerprint density at radius 3 is 2.54 bits per heavy atom. The molecule has 2 rings (SSSR count). The van der Waals surface area contributed by atoms with Gasteiger partial charge in [-0.15, -0.1) is 0 Å². The second kappa shape index (κ2) is 7.95. The summed E-state index contributed by atoms with van der Waals surface area (Å²) in [7, 11) is 1.61. The van der Waals surface area contributed by atoms with Gasteiger partial charge in [0.2, 0.25) is 0 Å². The van der Waals surface area contributed by atoms with Gasteiger partial charge in [-0.3, -0.25) is 0 Å². The maximum Gasteiger partial charge on any atom is 0.339 e. The minimum atomic E-state index is -0.558. The zero-order valence-electron chi connectivity index (χ0n) is 15.2. The quantitative estimate of drug-likeness (QED) is 0.664. The molecule has 132 valence electrons. The summed E-state index contributed by atoms with van der Waals surface area (Å²) in [5.74, 6) is 0.337. The number of ether oxygens (including phenoxy) is 3. The van der Waals surface area contributed by atoms with E-state index in [0.717, 1.165) is 23.3 Å². The van der Waals surface area contributed by atoms with Crippen molar-refractivity contribution in [2.75, 3.05) is 13.7 Å². The first-order valence-corrected chi connectivity index (χ1v) is 8.43. The van der Waals surface area contributed by atoms with Crippen LogP contribution in [0.15, 0.2) is 18.7 Å². The van der Waals surface area contributed by atoms with Crippen molar-refractivity contribution < 1.29 is 19.0 Å². The molecule has 0 radical (unpaired) electrons. The van der Waals surface area contributed by atoms with Crippen LogP contribution in [0.2, 0.25) is 0 Å². The highest BCUT2D eigenvalue weighted by Gasteiger charge is 2.26. The number of hydrogen-bond donors (Lipinski definition) is 0. The van der Waals surface area contributed by atoms with Crippen LogP contribution in [0.4, 0.5) is 0 Å². The molecule has 4 nitrogen and oxygen atoms in total. The van der Waals surface area contributed by atoms with E-state index >= 15 is 0 Å². The third kappa shape index (κ3) is 5.18. The van der Waals surface area contributed by atoms with E-state index in [1.165, 1.54) is 12.8 Å². The molecule has 0 saturated heterocycles. The van der Waals surface area contributed by atoms with Crippen LogP contribution in [0, 0.1) is 5.92 Å². The van der Waals surface area contributed by atoms with Crippen molar-refractivity contribution in [3.05, 3.63) is 41.0 Å². The highest BCUT2D eigenvalue weighted by molar-refractivity contribution is 5.94. The minimum Gasteiger partial charge on any atom is -0.456 e. The summed E-state index contributed by atoms with van der Waals surface area (Å²) in [6, 6.07) is 3.87. The van der Waals surface area contributed by atoms with Crippen LogP contribution in [0.5, 0.6) is 0 Å². The van der Waals surface area contributed by atoms with Gasteiger partial charge in [-0.05, 0) is 56.2 Å². The summed E-state index contributed by atoms with van der Waals surface area (Å²) in [4.78, 5) is 12.8. The fourth-order valence-electron chi connectivity index (χ4n) is 2.53. The zero-order valence-corrected chi connectivity index (χ0v) is 15.2. The van der Waals surface area contributed by atoms with Crippen LogP contribution in [-0.4, -0.2) is 25.3 Å². The molecule has 1 fully saturated rings. The molecule has 0 bridgehead atoms. The Bertz CT molecular complexity index is 594. The fourth-order valence-corrected chi connectivity index (χ4v) is 2.53. The lowest BCUT2D eigenvalue weighted by atomic mass is 9.96. The summed E-state index contributed by atoms with van der Waals surface area (Å²) in [6.45, 7) is 10.9. The predicted octanol–water partition coefficient (Wildman–Crippen LogP) is 4.36. The van der Waals surface area contributed by atoms with Gasteiger partial charge in [0.25, 0.3) is 0 Å². The van der Waals surface area contributed by atoms with E-state index in [2.05, 4.69) is 6.58 Å². The number of carbonyl (C=O) groups is 1. The molecule has 0 aromatic heterocycles. The number of methoxy groups -OCH3 is 1. The van der Waals surface area contributed by atoms with Crippen molar-refractivity contribution in [3.63, 3.8) is 0 Å². The van der Waals surface area contributed by atoms with Crippen molar-refractivity contribution in [2.45, 2.75) is 52.4 Å². The summed E-state index contributed by atoms with van der Waals surface area (Å²) in [5.41, 5.74) is 2.50. The van der Waals surface area contributed by atoms with Gasteiger partial charge in [-0.1, -0.05) is 24.8 Å². The van der Waals surface area contributed by atoms with Gasteiger partial charge in [0, 0.05) is 13.7 Å². The van der Waals surface area contributed by atoms with E-state index in [9.17, 15) is 4.79 Å². The summed E-state index contributed by atoms with van der Waals surface area (Å²) in [5, 5.41) is 0. The predicted molar refractivity (Wildman–Crippen MR) is 94.8 cm³/mol. The third-order valence-corrected chi connectivity index (χ3v) is 3.86. The van der Waals surface area contributed by atoms with E-state index in [0.29, 0.717) is 24.7 Å². The van der Waals surface area contributed by atoms with E-state index in [4.69, 9.17) is 14.2 Å². The Balaban J connectivity index is 2.33. The third-order valence-electron chi connectivity index (χ3n) is 3.86. The van der Waals surface area contributed by atoms with Gasteiger partial charge >= 0.3 is 5.97 Å². The highest BCUT2D eigenvalue weighted by atomic mass is 16.6. The van der Waals surface area contributed by atoms with E-state index < -0.39 is 5.60 Å². The van der Waals surface area contributed by atoms with Crippen LogP contribution in [0.1, 0.15) is 60.7 Å². The number of esters is 1. The number of hydrogen-bond acceptors (Lipinski definition) is 4.